The molecule has 0 radical (unpaired) electrons. The van der Waals surface area contributed by atoms with Gasteiger partial charge in [0.05, 0.1) is 0 Å². The average Bonchev–Trinajstić information content (AvgIpc) is 2.13. The smallest absolute Gasteiger partial charge is 0.321 e. The van der Waals surface area contributed by atoms with Crippen molar-refractivity contribution < 1.29 is 9.59 Å². The Labute approximate surface area is 88.9 Å². The van der Waals surface area contributed by atoms with Gasteiger partial charge in [-0.15, -0.1) is 11.6 Å². The van der Waals surface area contributed by atoms with E-state index in [1.807, 2.05) is 13.8 Å². The molecule has 0 saturated heterocycles. The predicted molar refractivity (Wildman–Crippen MR) is 56.3 cm³/mol. The number of amides is 3. The van der Waals surface area contributed by atoms with Crippen LogP contribution in [0.3, 0.4) is 0 Å². The zero-order valence-electron chi connectivity index (χ0n) is 8.47. The monoisotopic (exact) mass is 218 g/mol. The summed E-state index contributed by atoms with van der Waals surface area (Å²) in [5.74, 6) is -0.701. The van der Waals surface area contributed by atoms with E-state index >= 15 is 0 Å². The summed E-state index contributed by atoms with van der Waals surface area (Å²) in [6, 6.07) is -0.429. The number of carbonyl (C=O) groups is 2. The summed E-state index contributed by atoms with van der Waals surface area (Å²) in [5.41, 5.74) is 0.861. The molecular formula is C9H15ClN2O2. The normalized spacial score (nSPS) is 9.36. The van der Waals surface area contributed by atoms with Crippen LogP contribution in [0.5, 0.6) is 0 Å². The molecular weight excluding hydrogens is 204 g/mol. The number of alkyl halides is 1. The maximum Gasteiger partial charge on any atom is 0.324 e. The number of nitrogens with zero attached hydrogens (tertiary/aromatic N) is 1. The van der Waals surface area contributed by atoms with Crippen molar-refractivity contribution in [3.8, 4) is 0 Å². The van der Waals surface area contributed by atoms with Crippen LogP contribution in [0.25, 0.3) is 0 Å². The largest absolute Gasteiger partial charge is 0.324 e. The molecule has 14 heavy (non-hydrogen) atoms. The third kappa shape index (κ3) is 4.87. The number of hydrogen-bond donors (Lipinski definition) is 1. The van der Waals surface area contributed by atoms with E-state index < -0.39 is 11.9 Å². The quantitative estimate of drug-likeness (QED) is 0.572. The first kappa shape index (κ1) is 13.0. The fourth-order valence-corrected chi connectivity index (χ4v) is 0.952. The number of imide groups is 1. The SMILES string of the molecule is C=C(C)CN(CC)C(=O)NC(=O)CCl. The Morgan fingerprint density at radius 3 is 2.43 bits per heavy atom. The fraction of sp³-hybridized carbons (Fsp3) is 0.556. The van der Waals surface area contributed by atoms with E-state index in [1.165, 1.54) is 4.90 Å². The van der Waals surface area contributed by atoms with Crippen molar-refractivity contribution in [2.75, 3.05) is 19.0 Å². The molecule has 0 heterocycles. The van der Waals surface area contributed by atoms with E-state index in [0.29, 0.717) is 13.1 Å². The summed E-state index contributed by atoms with van der Waals surface area (Å²) in [7, 11) is 0. The summed E-state index contributed by atoms with van der Waals surface area (Å²) < 4.78 is 0. The zero-order valence-corrected chi connectivity index (χ0v) is 9.23. The number of rotatable bonds is 4. The summed E-state index contributed by atoms with van der Waals surface area (Å²) >= 11 is 5.25. The molecule has 0 rings (SSSR count). The second-order valence-corrected chi connectivity index (χ2v) is 3.23. The molecule has 0 aliphatic carbocycles. The first-order chi connectivity index (χ1) is 6.51. The van der Waals surface area contributed by atoms with E-state index in [-0.39, 0.29) is 5.88 Å². The second-order valence-electron chi connectivity index (χ2n) is 2.96. The van der Waals surface area contributed by atoms with Crippen LogP contribution in [-0.4, -0.2) is 35.8 Å². The molecule has 3 amide bonds. The van der Waals surface area contributed by atoms with Crippen molar-refractivity contribution in [3.63, 3.8) is 0 Å². The summed E-state index contributed by atoms with van der Waals surface area (Å²) in [5, 5.41) is 2.16. The van der Waals surface area contributed by atoms with Crippen LogP contribution >= 0.6 is 11.6 Å². The van der Waals surface area contributed by atoms with Crippen LogP contribution in [0.4, 0.5) is 4.79 Å². The minimum atomic E-state index is -0.489. The van der Waals surface area contributed by atoms with Gasteiger partial charge in [0.1, 0.15) is 5.88 Å². The fourth-order valence-electron chi connectivity index (χ4n) is 0.885. The molecule has 0 saturated carbocycles. The molecule has 5 heteroatoms. The van der Waals surface area contributed by atoms with Crippen LogP contribution < -0.4 is 5.32 Å². The molecule has 0 aromatic carbocycles. The Morgan fingerprint density at radius 1 is 1.50 bits per heavy atom. The van der Waals surface area contributed by atoms with E-state index in [0.717, 1.165) is 5.57 Å². The molecule has 0 aliphatic rings. The first-order valence-corrected chi connectivity index (χ1v) is 4.83. The Morgan fingerprint density at radius 2 is 2.07 bits per heavy atom. The molecule has 0 aromatic heterocycles. The van der Waals surface area contributed by atoms with Crippen molar-refractivity contribution in [2.24, 2.45) is 0 Å². The number of halogens is 1. The van der Waals surface area contributed by atoms with Gasteiger partial charge in [0.15, 0.2) is 0 Å². The Balaban J connectivity index is 4.17. The lowest BCUT2D eigenvalue weighted by atomic mass is 10.3. The number of hydrogen-bond acceptors (Lipinski definition) is 2. The number of carbonyl (C=O) groups excluding carboxylic acids is 2. The minimum absolute atomic E-state index is 0.212. The van der Waals surface area contributed by atoms with E-state index in [2.05, 4.69) is 11.9 Å². The van der Waals surface area contributed by atoms with Gasteiger partial charge in [-0.05, 0) is 13.8 Å². The highest BCUT2D eigenvalue weighted by Gasteiger charge is 2.13. The molecule has 0 fully saturated rings. The lowest BCUT2D eigenvalue weighted by Gasteiger charge is -2.20. The molecule has 0 unspecified atom stereocenters. The van der Waals surface area contributed by atoms with Crippen molar-refractivity contribution in [1.29, 1.82) is 0 Å². The van der Waals surface area contributed by atoms with E-state index in [4.69, 9.17) is 11.6 Å². The standard InChI is InChI=1S/C9H15ClN2O2/c1-4-12(6-7(2)3)9(14)11-8(13)5-10/h2,4-6H2,1,3H3,(H,11,13,14). The second kappa shape index (κ2) is 6.43. The van der Waals surface area contributed by atoms with E-state index in [1.54, 1.807) is 0 Å². The predicted octanol–water partition coefficient (Wildman–Crippen LogP) is 1.36. The highest BCUT2D eigenvalue weighted by molar-refractivity contribution is 6.28. The van der Waals surface area contributed by atoms with Gasteiger partial charge in [0.25, 0.3) is 0 Å². The van der Waals surface area contributed by atoms with Gasteiger partial charge in [-0.3, -0.25) is 10.1 Å². The molecule has 0 aliphatic heterocycles. The van der Waals surface area contributed by atoms with Gasteiger partial charge >= 0.3 is 6.03 Å². The van der Waals surface area contributed by atoms with Gasteiger partial charge in [0.2, 0.25) is 5.91 Å². The van der Waals surface area contributed by atoms with Crippen molar-refractivity contribution in [2.45, 2.75) is 13.8 Å². The van der Waals surface area contributed by atoms with Crippen LogP contribution in [-0.2, 0) is 4.79 Å². The molecule has 0 atom stereocenters. The highest BCUT2D eigenvalue weighted by Crippen LogP contribution is 1.96. The summed E-state index contributed by atoms with van der Waals surface area (Å²) in [6.45, 7) is 8.30. The Hall–Kier alpha value is -1.03. The van der Waals surface area contributed by atoms with Crippen LogP contribution in [0, 0.1) is 0 Å². The molecule has 4 nitrogen and oxygen atoms in total. The van der Waals surface area contributed by atoms with Gasteiger partial charge in [0, 0.05) is 13.1 Å². The number of nitrogens with one attached hydrogen (secondary N) is 1. The average molecular weight is 219 g/mol. The van der Waals surface area contributed by atoms with Crippen LogP contribution in [0.2, 0.25) is 0 Å². The summed E-state index contributed by atoms with van der Waals surface area (Å²) in [4.78, 5) is 23.7. The number of urea groups is 1. The lowest BCUT2D eigenvalue weighted by Crippen LogP contribution is -2.43. The van der Waals surface area contributed by atoms with Crippen LogP contribution in [0.15, 0.2) is 12.2 Å². The maximum absolute atomic E-state index is 11.4. The van der Waals surface area contributed by atoms with Crippen molar-refractivity contribution in [1.82, 2.24) is 10.2 Å². The lowest BCUT2D eigenvalue weighted by molar-refractivity contribution is -0.117. The Bertz CT molecular complexity index is 241. The van der Waals surface area contributed by atoms with E-state index in [9.17, 15) is 9.59 Å². The summed E-state index contributed by atoms with van der Waals surface area (Å²) in [6.07, 6.45) is 0. The maximum atomic E-state index is 11.4. The Kier molecular flexibility index (Phi) is 5.95. The van der Waals surface area contributed by atoms with Gasteiger partial charge in [-0.1, -0.05) is 12.2 Å². The highest BCUT2D eigenvalue weighted by atomic mass is 35.5. The molecule has 0 spiro atoms. The molecule has 1 N–H and O–H groups in total. The topological polar surface area (TPSA) is 49.4 Å². The minimum Gasteiger partial charge on any atom is -0.321 e. The third-order valence-electron chi connectivity index (χ3n) is 1.50. The molecule has 0 bridgehead atoms. The molecule has 0 aromatic rings. The molecule has 80 valence electrons. The van der Waals surface area contributed by atoms with Crippen molar-refractivity contribution in [3.05, 3.63) is 12.2 Å². The van der Waals surface area contributed by atoms with Gasteiger partial charge in [-0.25, -0.2) is 4.79 Å². The zero-order chi connectivity index (χ0) is 11.1. The number of likely N-dealkylation sites (N-methyl/N-ethyl adjacent to an activating group) is 1. The van der Waals surface area contributed by atoms with Gasteiger partial charge < -0.3 is 4.90 Å². The first-order valence-electron chi connectivity index (χ1n) is 4.30. The van der Waals surface area contributed by atoms with Gasteiger partial charge in [-0.2, -0.15) is 0 Å². The third-order valence-corrected chi connectivity index (χ3v) is 1.74. The van der Waals surface area contributed by atoms with Crippen LogP contribution in [0.1, 0.15) is 13.8 Å². The van der Waals surface area contributed by atoms with Crippen molar-refractivity contribution >= 4 is 23.5 Å².